The highest BCUT2D eigenvalue weighted by molar-refractivity contribution is 5.77. The minimum atomic E-state index is 0.0283. The van der Waals surface area contributed by atoms with Crippen LogP contribution >= 0.6 is 0 Å². The summed E-state index contributed by atoms with van der Waals surface area (Å²) in [4.78, 5) is 13.8. The van der Waals surface area contributed by atoms with E-state index >= 15 is 0 Å². The number of nitrogens with zero attached hydrogens (tertiary/aromatic N) is 1. The second kappa shape index (κ2) is 7.69. The summed E-state index contributed by atoms with van der Waals surface area (Å²) < 4.78 is 0. The minimum absolute atomic E-state index is 0.0283. The molecule has 0 aliphatic carbocycles. The zero-order valence-electron chi connectivity index (χ0n) is 10.6. The summed E-state index contributed by atoms with van der Waals surface area (Å²) in [5.41, 5.74) is 5.87. The molecule has 1 atom stereocenters. The van der Waals surface area contributed by atoms with Crippen LogP contribution in [-0.2, 0) is 4.79 Å². The van der Waals surface area contributed by atoms with Crippen molar-refractivity contribution in [1.29, 1.82) is 0 Å². The van der Waals surface area contributed by atoms with Crippen LogP contribution in [0.3, 0.4) is 0 Å². The zero-order chi connectivity index (χ0) is 11.8. The Kier molecular flexibility index (Phi) is 7.39. The second-order valence-corrected chi connectivity index (χ2v) is 4.43. The highest BCUT2D eigenvalue weighted by Crippen LogP contribution is 2.07. The van der Waals surface area contributed by atoms with Crippen molar-refractivity contribution in [1.82, 2.24) is 4.90 Å². The van der Waals surface area contributed by atoms with E-state index in [-0.39, 0.29) is 18.0 Å². The van der Waals surface area contributed by atoms with Gasteiger partial charge in [0.15, 0.2) is 0 Å². The van der Waals surface area contributed by atoms with Crippen LogP contribution in [-0.4, -0.2) is 29.4 Å². The number of rotatable bonds is 7. The van der Waals surface area contributed by atoms with Crippen LogP contribution in [0.2, 0.25) is 0 Å². The van der Waals surface area contributed by atoms with Crippen molar-refractivity contribution in [2.24, 2.45) is 5.73 Å². The predicted octanol–water partition coefficient (Wildman–Crippen LogP) is 2.15. The van der Waals surface area contributed by atoms with Crippen molar-refractivity contribution in [3.8, 4) is 0 Å². The Morgan fingerprint density at radius 3 is 2.27 bits per heavy atom. The first-order valence-electron chi connectivity index (χ1n) is 6.07. The molecule has 0 spiro atoms. The quantitative estimate of drug-likeness (QED) is 0.706. The smallest absolute Gasteiger partial charge is 0.224 e. The maximum absolute atomic E-state index is 11.9. The molecule has 90 valence electrons. The molecule has 0 saturated heterocycles. The lowest BCUT2D eigenvalue weighted by Gasteiger charge is -2.27. The molecule has 0 saturated carbocycles. The van der Waals surface area contributed by atoms with Crippen molar-refractivity contribution >= 4 is 5.91 Å². The third-order valence-corrected chi connectivity index (χ3v) is 2.50. The SMILES string of the molecule is CCCC(N)CC(=O)N(CCC)C(C)C. The molecule has 0 aromatic carbocycles. The lowest BCUT2D eigenvalue weighted by atomic mass is 10.1. The van der Waals surface area contributed by atoms with Crippen molar-refractivity contribution in [3.05, 3.63) is 0 Å². The van der Waals surface area contributed by atoms with Gasteiger partial charge in [0, 0.05) is 25.0 Å². The predicted molar refractivity (Wildman–Crippen MR) is 64.6 cm³/mol. The van der Waals surface area contributed by atoms with Gasteiger partial charge in [-0.3, -0.25) is 4.79 Å². The Balaban J connectivity index is 4.13. The monoisotopic (exact) mass is 214 g/mol. The van der Waals surface area contributed by atoms with E-state index in [0.717, 1.165) is 25.8 Å². The van der Waals surface area contributed by atoms with E-state index in [2.05, 4.69) is 27.7 Å². The fourth-order valence-corrected chi connectivity index (χ4v) is 1.73. The van der Waals surface area contributed by atoms with Gasteiger partial charge in [0.25, 0.3) is 0 Å². The molecule has 1 amide bonds. The fourth-order valence-electron chi connectivity index (χ4n) is 1.73. The van der Waals surface area contributed by atoms with Gasteiger partial charge in [-0.2, -0.15) is 0 Å². The average molecular weight is 214 g/mol. The van der Waals surface area contributed by atoms with Crippen LogP contribution in [0, 0.1) is 0 Å². The van der Waals surface area contributed by atoms with Crippen molar-refractivity contribution in [2.45, 2.75) is 65.5 Å². The van der Waals surface area contributed by atoms with Gasteiger partial charge >= 0.3 is 0 Å². The Morgan fingerprint density at radius 1 is 1.27 bits per heavy atom. The maximum atomic E-state index is 11.9. The van der Waals surface area contributed by atoms with E-state index in [4.69, 9.17) is 5.73 Å². The summed E-state index contributed by atoms with van der Waals surface area (Å²) in [6.07, 6.45) is 3.48. The summed E-state index contributed by atoms with van der Waals surface area (Å²) in [6, 6.07) is 0.312. The van der Waals surface area contributed by atoms with Gasteiger partial charge in [-0.05, 0) is 26.7 Å². The topological polar surface area (TPSA) is 46.3 Å². The molecule has 0 bridgehead atoms. The molecular weight excluding hydrogens is 188 g/mol. The van der Waals surface area contributed by atoms with Crippen LogP contribution in [0.5, 0.6) is 0 Å². The average Bonchev–Trinajstić information content (AvgIpc) is 2.13. The minimum Gasteiger partial charge on any atom is -0.340 e. The van der Waals surface area contributed by atoms with Crippen molar-refractivity contribution in [2.75, 3.05) is 6.54 Å². The summed E-state index contributed by atoms with van der Waals surface area (Å²) >= 11 is 0. The second-order valence-electron chi connectivity index (χ2n) is 4.43. The van der Waals surface area contributed by atoms with E-state index in [1.165, 1.54) is 0 Å². The molecule has 0 aromatic heterocycles. The third-order valence-electron chi connectivity index (χ3n) is 2.50. The summed E-state index contributed by atoms with van der Waals surface area (Å²) in [5.74, 6) is 0.202. The van der Waals surface area contributed by atoms with Gasteiger partial charge < -0.3 is 10.6 Å². The number of nitrogens with two attached hydrogens (primary N) is 1. The van der Waals surface area contributed by atoms with Crippen LogP contribution in [0.25, 0.3) is 0 Å². The van der Waals surface area contributed by atoms with Crippen LogP contribution in [0.1, 0.15) is 53.4 Å². The largest absolute Gasteiger partial charge is 0.340 e. The number of carbonyl (C=O) groups is 1. The molecule has 2 N–H and O–H groups in total. The Labute approximate surface area is 94.0 Å². The molecule has 0 aliphatic heterocycles. The normalized spacial score (nSPS) is 12.9. The molecule has 3 heteroatoms. The summed E-state index contributed by atoms with van der Waals surface area (Å²) in [7, 11) is 0. The summed E-state index contributed by atoms with van der Waals surface area (Å²) in [5, 5.41) is 0. The summed E-state index contributed by atoms with van der Waals surface area (Å²) in [6.45, 7) is 9.14. The molecule has 0 radical (unpaired) electrons. The molecule has 3 nitrogen and oxygen atoms in total. The van der Waals surface area contributed by atoms with Crippen molar-refractivity contribution in [3.63, 3.8) is 0 Å². The molecular formula is C12H26N2O. The zero-order valence-corrected chi connectivity index (χ0v) is 10.6. The third kappa shape index (κ3) is 5.78. The van der Waals surface area contributed by atoms with Crippen LogP contribution in [0.4, 0.5) is 0 Å². The van der Waals surface area contributed by atoms with Gasteiger partial charge in [0.05, 0.1) is 0 Å². The molecule has 0 fully saturated rings. The Hall–Kier alpha value is -0.570. The lowest BCUT2D eigenvalue weighted by molar-refractivity contribution is -0.133. The molecule has 0 aliphatic rings. The molecule has 1 unspecified atom stereocenters. The van der Waals surface area contributed by atoms with Gasteiger partial charge in [-0.25, -0.2) is 0 Å². The van der Waals surface area contributed by atoms with Gasteiger partial charge in [-0.1, -0.05) is 20.3 Å². The van der Waals surface area contributed by atoms with Gasteiger partial charge in [0.2, 0.25) is 5.91 Å². The fraction of sp³-hybridized carbons (Fsp3) is 0.917. The van der Waals surface area contributed by atoms with E-state index in [1.807, 2.05) is 4.90 Å². The van der Waals surface area contributed by atoms with E-state index in [1.54, 1.807) is 0 Å². The van der Waals surface area contributed by atoms with Crippen molar-refractivity contribution < 1.29 is 4.79 Å². The first-order chi connectivity index (χ1) is 7.02. The maximum Gasteiger partial charge on any atom is 0.224 e. The molecule has 0 aromatic rings. The van der Waals surface area contributed by atoms with Gasteiger partial charge in [0.1, 0.15) is 0 Å². The first kappa shape index (κ1) is 14.4. The lowest BCUT2D eigenvalue weighted by Crippen LogP contribution is -2.40. The highest BCUT2D eigenvalue weighted by Gasteiger charge is 2.18. The Morgan fingerprint density at radius 2 is 1.87 bits per heavy atom. The van der Waals surface area contributed by atoms with Gasteiger partial charge in [-0.15, -0.1) is 0 Å². The number of hydrogen-bond acceptors (Lipinski definition) is 2. The number of hydrogen-bond donors (Lipinski definition) is 1. The number of amides is 1. The number of carbonyl (C=O) groups excluding carboxylic acids is 1. The molecule has 0 heterocycles. The molecule has 0 rings (SSSR count). The van der Waals surface area contributed by atoms with E-state index in [9.17, 15) is 4.79 Å². The van der Waals surface area contributed by atoms with Crippen LogP contribution < -0.4 is 5.73 Å². The van der Waals surface area contributed by atoms with Crippen LogP contribution in [0.15, 0.2) is 0 Å². The highest BCUT2D eigenvalue weighted by atomic mass is 16.2. The standard InChI is InChI=1S/C12H26N2O/c1-5-7-11(13)9-12(15)14(8-6-2)10(3)4/h10-11H,5-9,13H2,1-4H3. The van der Waals surface area contributed by atoms with E-state index < -0.39 is 0 Å². The van der Waals surface area contributed by atoms with E-state index in [0.29, 0.717) is 6.42 Å². The molecule has 15 heavy (non-hydrogen) atoms. The Bertz CT molecular complexity index is 180. The first-order valence-corrected chi connectivity index (χ1v) is 6.07.